The predicted molar refractivity (Wildman–Crippen MR) is 124 cm³/mol. The summed E-state index contributed by atoms with van der Waals surface area (Å²) in [4.78, 5) is 27.6. The summed E-state index contributed by atoms with van der Waals surface area (Å²) in [7, 11) is 0. The topological polar surface area (TPSA) is 61.9 Å². The maximum absolute atomic E-state index is 11.6. The number of carbonyl (C=O) groups excluding carboxylic acids is 2. The fourth-order valence-corrected chi connectivity index (χ4v) is 4.41. The third-order valence-corrected chi connectivity index (χ3v) is 6.30. The van der Waals surface area contributed by atoms with Crippen LogP contribution in [0.3, 0.4) is 0 Å². The van der Waals surface area contributed by atoms with Crippen LogP contribution in [0.15, 0.2) is 36.4 Å². The van der Waals surface area contributed by atoms with Crippen LogP contribution in [0.25, 0.3) is 0 Å². The van der Waals surface area contributed by atoms with Gasteiger partial charge in [0.05, 0.1) is 17.2 Å². The van der Waals surface area contributed by atoms with Crippen LogP contribution in [0.5, 0.6) is 5.75 Å². The van der Waals surface area contributed by atoms with Gasteiger partial charge in [-0.15, -0.1) is 0 Å². The van der Waals surface area contributed by atoms with E-state index in [9.17, 15) is 9.59 Å². The molecule has 1 fully saturated rings. The van der Waals surface area contributed by atoms with Crippen LogP contribution in [0, 0.1) is 0 Å². The summed E-state index contributed by atoms with van der Waals surface area (Å²) in [6.45, 7) is 5.41. The van der Waals surface area contributed by atoms with Crippen molar-refractivity contribution in [3.8, 4) is 5.75 Å². The summed E-state index contributed by atoms with van der Waals surface area (Å²) in [6, 6.07) is 11.6. The molecule has 7 heteroatoms. The van der Waals surface area contributed by atoms with E-state index in [-0.39, 0.29) is 5.91 Å². The fourth-order valence-electron chi connectivity index (χ4n) is 4.20. The van der Waals surface area contributed by atoms with Crippen molar-refractivity contribution >= 4 is 35.2 Å². The first-order chi connectivity index (χ1) is 15.1. The number of halogens is 1. The van der Waals surface area contributed by atoms with Gasteiger partial charge in [-0.25, -0.2) is 0 Å². The number of fused-ring (bicyclic) bond motifs is 1. The molecule has 0 spiro atoms. The minimum Gasteiger partial charge on any atom is -0.494 e. The Kier molecular flexibility index (Phi) is 7.10. The largest absolute Gasteiger partial charge is 0.494 e. The van der Waals surface area contributed by atoms with Crippen molar-refractivity contribution in [2.75, 3.05) is 49.5 Å². The van der Waals surface area contributed by atoms with E-state index in [4.69, 9.17) is 16.3 Å². The maximum Gasteiger partial charge on any atom is 0.224 e. The first-order valence-electron chi connectivity index (χ1n) is 10.9. The first-order valence-corrected chi connectivity index (χ1v) is 11.3. The monoisotopic (exact) mass is 441 g/mol. The average Bonchev–Trinajstić information content (AvgIpc) is 2.79. The highest BCUT2D eigenvalue weighted by Gasteiger charge is 2.20. The van der Waals surface area contributed by atoms with Crippen molar-refractivity contribution in [1.29, 1.82) is 0 Å². The molecule has 0 aliphatic carbocycles. The fraction of sp³-hybridized carbons (Fsp3) is 0.417. The number of nitrogens with zero attached hydrogens (tertiary/aromatic N) is 2. The van der Waals surface area contributed by atoms with E-state index in [2.05, 4.69) is 15.1 Å². The zero-order valence-corrected chi connectivity index (χ0v) is 18.4. The van der Waals surface area contributed by atoms with Crippen LogP contribution in [0.4, 0.5) is 11.4 Å². The molecule has 31 heavy (non-hydrogen) atoms. The molecule has 1 saturated heterocycles. The van der Waals surface area contributed by atoms with Crippen molar-refractivity contribution in [2.24, 2.45) is 0 Å². The maximum atomic E-state index is 11.6. The number of unbranched alkanes of at least 4 members (excludes halogenated alkanes) is 1. The number of amides is 1. The van der Waals surface area contributed by atoms with Crippen molar-refractivity contribution in [3.05, 3.63) is 52.5 Å². The number of hydrogen-bond donors (Lipinski definition) is 1. The SMILES string of the molecule is O=Cc1c(Cl)cccc1N1CCN(CCCCOc2ccc3c(c2)NC(=O)CC3)CC1. The number of benzene rings is 2. The molecular formula is C24H28ClN3O3. The molecule has 164 valence electrons. The predicted octanol–water partition coefficient (Wildman–Crippen LogP) is 4.02. The van der Waals surface area contributed by atoms with Gasteiger partial charge >= 0.3 is 0 Å². The number of hydrogen-bond acceptors (Lipinski definition) is 5. The molecule has 2 heterocycles. The Morgan fingerprint density at radius 3 is 2.71 bits per heavy atom. The van der Waals surface area contributed by atoms with Gasteiger partial charge in [0.25, 0.3) is 0 Å². The Hall–Kier alpha value is -2.57. The van der Waals surface area contributed by atoms with Gasteiger partial charge in [0.2, 0.25) is 5.91 Å². The highest BCUT2D eigenvalue weighted by molar-refractivity contribution is 6.33. The van der Waals surface area contributed by atoms with Gasteiger partial charge in [-0.2, -0.15) is 0 Å². The average molecular weight is 442 g/mol. The van der Waals surface area contributed by atoms with E-state index >= 15 is 0 Å². The van der Waals surface area contributed by atoms with Gasteiger partial charge in [-0.05, 0) is 49.6 Å². The molecule has 4 rings (SSSR count). The van der Waals surface area contributed by atoms with Crippen LogP contribution >= 0.6 is 11.6 Å². The van der Waals surface area contributed by atoms with Crippen LogP contribution in [-0.4, -0.2) is 56.4 Å². The molecule has 0 unspecified atom stereocenters. The lowest BCUT2D eigenvalue weighted by atomic mass is 10.0. The van der Waals surface area contributed by atoms with Crippen molar-refractivity contribution in [3.63, 3.8) is 0 Å². The summed E-state index contributed by atoms with van der Waals surface area (Å²) >= 11 is 6.16. The smallest absolute Gasteiger partial charge is 0.224 e. The van der Waals surface area contributed by atoms with E-state index in [0.29, 0.717) is 23.6 Å². The molecule has 0 atom stereocenters. The van der Waals surface area contributed by atoms with E-state index in [0.717, 1.165) is 75.4 Å². The summed E-state index contributed by atoms with van der Waals surface area (Å²) in [5.74, 6) is 0.879. The molecule has 0 bridgehead atoms. The summed E-state index contributed by atoms with van der Waals surface area (Å²) < 4.78 is 5.88. The highest BCUT2D eigenvalue weighted by Crippen LogP contribution is 2.28. The first kappa shape index (κ1) is 21.7. The number of ether oxygens (including phenoxy) is 1. The Balaban J connectivity index is 1.17. The number of piperazine rings is 1. The van der Waals surface area contributed by atoms with Crippen LogP contribution in [-0.2, 0) is 11.2 Å². The van der Waals surface area contributed by atoms with Gasteiger partial charge in [-0.1, -0.05) is 23.7 Å². The van der Waals surface area contributed by atoms with Crippen molar-refractivity contribution < 1.29 is 14.3 Å². The molecule has 2 aliphatic heterocycles. The Morgan fingerprint density at radius 2 is 1.90 bits per heavy atom. The lowest BCUT2D eigenvalue weighted by molar-refractivity contribution is -0.116. The molecule has 0 radical (unpaired) electrons. The molecule has 1 amide bonds. The molecule has 0 saturated carbocycles. The molecule has 6 nitrogen and oxygen atoms in total. The zero-order chi connectivity index (χ0) is 21.6. The van der Waals surface area contributed by atoms with Crippen molar-refractivity contribution in [1.82, 2.24) is 4.90 Å². The summed E-state index contributed by atoms with van der Waals surface area (Å²) in [5, 5.41) is 3.42. The normalized spacial score (nSPS) is 16.5. The standard InChI is InChI=1S/C24H28ClN3O3/c25-21-4-3-5-23(20(21)17-29)28-13-11-27(12-14-28)10-1-2-15-31-19-8-6-18-7-9-24(30)26-22(18)16-19/h3-6,8,16-17H,1-2,7,9-15H2,(H,26,30). The molecule has 1 N–H and O–H groups in total. The van der Waals surface area contributed by atoms with Crippen molar-refractivity contribution in [2.45, 2.75) is 25.7 Å². The minimum absolute atomic E-state index is 0.0718. The molecular weight excluding hydrogens is 414 g/mol. The van der Waals surface area contributed by atoms with E-state index in [1.54, 1.807) is 6.07 Å². The molecule has 0 aromatic heterocycles. The third kappa shape index (κ3) is 5.38. The Morgan fingerprint density at radius 1 is 1.06 bits per heavy atom. The second-order valence-corrected chi connectivity index (χ2v) is 8.45. The summed E-state index contributed by atoms with van der Waals surface area (Å²) in [6.07, 6.45) is 4.24. The molecule has 2 aromatic carbocycles. The zero-order valence-electron chi connectivity index (χ0n) is 17.6. The second kappa shape index (κ2) is 10.2. The molecule has 2 aromatic rings. The minimum atomic E-state index is 0.0718. The van der Waals surface area contributed by atoms with Crippen LogP contribution in [0.2, 0.25) is 5.02 Å². The number of aryl methyl sites for hydroxylation is 1. The van der Waals surface area contributed by atoms with Gasteiger partial charge in [-0.3, -0.25) is 14.5 Å². The van der Waals surface area contributed by atoms with E-state index in [1.807, 2.05) is 30.3 Å². The van der Waals surface area contributed by atoms with Gasteiger partial charge in [0.1, 0.15) is 5.75 Å². The number of aldehydes is 1. The number of carbonyl (C=O) groups is 2. The Labute approximate surface area is 188 Å². The lowest BCUT2D eigenvalue weighted by Gasteiger charge is -2.36. The molecule has 2 aliphatic rings. The lowest BCUT2D eigenvalue weighted by Crippen LogP contribution is -2.47. The quantitative estimate of drug-likeness (QED) is 0.495. The van der Waals surface area contributed by atoms with Crippen LogP contribution < -0.4 is 15.0 Å². The Bertz CT molecular complexity index is 942. The van der Waals surface area contributed by atoms with E-state index < -0.39 is 0 Å². The second-order valence-electron chi connectivity index (χ2n) is 8.04. The van der Waals surface area contributed by atoms with Gasteiger partial charge < -0.3 is 15.0 Å². The number of anilines is 2. The van der Waals surface area contributed by atoms with Gasteiger partial charge in [0, 0.05) is 50.0 Å². The summed E-state index contributed by atoms with van der Waals surface area (Å²) in [5.41, 5.74) is 3.56. The van der Waals surface area contributed by atoms with Crippen LogP contribution in [0.1, 0.15) is 35.2 Å². The van der Waals surface area contributed by atoms with E-state index in [1.165, 1.54) is 5.56 Å². The third-order valence-electron chi connectivity index (χ3n) is 5.97. The highest BCUT2D eigenvalue weighted by atomic mass is 35.5. The van der Waals surface area contributed by atoms with Gasteiger partial charge in [0.15, 0.2) is 6.29 Å². The number of rotatable bonds is 8. The number of nitrogens with one attached hydrogen (secondary N) is 1.